The van der Waals surface area contributed by atoms with Crippen molar-refractivity contribution in [1.82, 2.24) is 19.8 Å². The Labute approximate surface area is 209 Å². The van der Waals surface area contributed by atoms with Crippen LogP contribution in [0.3, 0.4) is 0 Å². The molecule has 178 valence electrons. The highest BCUT2D eigenvalue weighted by molar-refractivity contribution is 6.30. The molecule has 2 heterocycles. The molecule has 2 atom stereocenters. The molecule has 6 nitrogen and oxygen atoms in total. The maximum atomic E-state index is 13.8. The summed E-state index contributed by atoms with van der Waals surface area (Å²) >= 11 is 5.95. The SMILES string of the molecule is CC1c2nc3ccccc3n2C(CC(=O)NCCc2ccc(Cl)cc2)C(=O)N1Cc1ccccc1. The smallest absolute Gasteiger partial charge is 0.247 e. The van der Waals surface area contributed by atoms with Gasteiger partial charge >= 0.3 is 0 Å². The zero-order valence-corrected chi connectivity index (χ0v) is 20.3. The van der Waals surface area contributed by atoms with Gasteiger partial charge in [0.15, 0.2) is 0 Å². The molecule has 3 aromatic carbocycles. The Hall–Kier alpha value is -3.64. The van der Waals surface area contributed by atoms with Crippen molar-refractivity contribution in [3.05, 3.63) is 101 Å². The van der Waals surface area contributed by atoms with Crippen LogP contribution in [0.5, 0.6) is 0 Å². The number of fused-ring (bicyclic) bond motifs is 3. The Kier molecular flexibility index (Phi) is 6.55. The van der Waals surface area contributed by atoms with E-state index in [0.717, 1.165) is 28.0 Å². The minimum atomic E-state index is -0.646. The fourth-order valence-electron chi connectivity index (χ4n) is 4.74. The molecule has 1 aliphatic heterocycles. The highest BCUT2D eigenvalue weighted by atomic mass is 35.5. The van der Waals surface area contributed by atoms with Gasteiger partial charge in [-0.1, -0.05) is 66.2 Å². The first kappa shape index (κ1) is 23.1. The number of halogens is 1. The van der Waals surface area contributed by atoms with Gasteiger partial charge in [-0.15, -0.1) is 0 Å². The molecule has 0 aliphatic carbocycles. The Morgan fingerprint density at radius 2 is 1.69 bits per heavy atom. The quantitative estimate of drug-likeness (QED) is 0.396. The molecule has 0 spiro atoms. The van der Waals surface area contributed by atoms with Crippen LogP contribution in [0.1, 0.15) is 42.4 Å². The Balaban J connectivity index is 1.38. The van der Waals surface area contributed by atoms with Crippen LogP contribution < -0.4 is 5.32 Å². The highest BCUT2D eigenvalue weighted by Gasteiger charge is 2.40. The summed E-state index contributed by atoms with van der Waals surface area (Å²) < 4.78 is 1.96. The second kappa shape index (κ2) is 9.92. The van der Waals surface area contributed by atoms with Gasteiger partial charge < -0.3 is 14.8 Å². The molecule has 1 aromatic heterocycles. The van der Waals surface area contributed by atoms with Crippen LogP contribution in [-0.2, 0) is 22.6 Å². The lowest BCUT2D eigenvalue weighted by Gasteiger charge is -2.38. The average molecular weight is 487 g/mol. The third-order valence-electron chi connectivity index (χ3n) is 6.57. The molecule has 7 heteroatoms. The minimum absolute atomic E-state index is 0.0603. The van der Waals surface area contributed by atoms with E-state index in [2.05, 4.69) is 5.32 Å². The number of benzene rings is 3. The number of rotatable bonds is 7. The van der Waals surface area contributed by atoms with Crippen molar-refractivity contribution in [2.24, 2.45) is 0 Å². The number of imidazole rings is 1. The van der Waals surface area contributed by atoms with Crippen LogP contribution in [0.25, 0.3) is 11.0 Å². The normalized spacial score (nSPS) is 17.4. The topological polar surface area (TPSA) is 67.2 Å². The molecule has 2 amide bonds. The number of hydrogen-bond donors (Lipinski definition) is 1. The number of hydrogen-bond acceptors (Lipinski definition) is 3. The number of para-hydroxylation sites is 2. The number of nitrogens with one attached hydrogen (secondary N) is 1. The first-order valence-electron chi connectivity index (χ1n) is 11.8. The molecule has 4 aromatic rings. The van der Waals surface area contributed by atoms with Crippen molar-refractivity contribution < 1.29 is 9.59 Å². The predicted octanol–water partition coefficient (Wildman–Crippen LogP) is 5.08. The van der Waals surface area contributed by atoms with Gasteiger partial charge in [-0.2, -0.15) is 0 Å². The van der Waals surface area contributed by atoms with Crippen LogP contribution in [0.15, 0.2) is 78.9 Å². The number of carbonyl (C=O) groups excluding carboxylic acids is 2. The summed E-state index contributed by atoms with van der Waals surface area (Å²) in [6, 6.07) is 24.4. The third kappa shape index (κ3) is 4.80. The van der Waals surface area contributed by atoms with Crippen molar-refractivity contribution in [2.45, 2.75) is 38.4 Å². The molecule has 0 saturated heterocycles. The van der Waals surface area contributed by atoms with Crippen LogP contribution >= 0.6 is 11.6 Å². The maximum absolute atomic E-state index is 13.8. The van der Waals surface area contributed by atoms with Gasteiger partial charge in [0.05, 0.1) is 23.5 Å². The van der Waals surface area contributed by atoms with Gasteiger partial charge in [0.2, 0.25) is 11.8 Å². The number of amides is 2. The fourth-order valence-corrected chi connectivity index (χ4v) is 4.86. The van der Waals surface area contributed by atoms with E-state index in [0.29, 0.717) is 24.5 Å². The Morgan fingerprint density at radius 3 is 2.46 bits per heavy atom. The lowest BCUT2D eigenvalue weighted by molar-refractivity contribution is -0.142. The van der Waals surface area contributed by atoms with Crippen molar-refractivity contribution in [1.29, 1.82) is 0 Å². The first-order chi connectivity index (χ1) is 17.0. The lowest BCUT2D eigenvalue weighted by Crippen LogP contribution is -2.46. The number of aromatic nitrogens is 2. The zero-order valence-electron chi connectivity index (χ0n) is 19.5. The van der Waals surface area contributed by atoms with Gasteiger partial charge in [0, 0.05) is 18.1 Å². The maximum Gasteiger partial charge on any atom is 0.247 e. The molecule has 2 unspecified atom stereocenters. The van der Waals surface area contributed by atoms with Gasteiger partial charge in [-0.3, -0.25) is 9.59 Å². The molecular weight excluding hydrogens is 460 g/mol. The molecule has 0 saturated carbocycles. The molecule has 35 heavy (non-hydrogen) atoms. The predicted molar refractivity (Wildman–Crippen MR) is 137 cm³/mol. The van der Waals surface area contributed by atoms with Gasteiger partial charge in [-0.25, -0.2) is 4.98 Å². The van der Waals surface area contributed by atoms with E-state index >= 15 is 0 Å². The fraction of sp³-hybridized carbons (Fsp3) is 0.250. The zero-order chi connectivity index (χ0) is 24.4. The van der Waals surface area contributed by atoms with Gasteiger partial charge in [0.1, 0.15) is 11.9 Å². The summed E-state index contributed by atoms with van der Waals surface area (Å²) in [5.74, 6) is 0.584. The summed E-state index contributed by atoms with van der Waals surface area (Å²) in [5.41, 5.74) is 3.84. The molecular formula is C28H27ClN4O2. The lowest BCUT2D eigenvalue weighted by atomic mass is 10.0. The molecule has 5 rings (SSSR count). The molecule has 1 N–H and O–H groups in total. The van der Waals surface area contributed by atoms with Crippen molar-refractivity contribution in [2.75, 3.05) is 6.54 Å². The number of nitrogens with zero attached hydrogens (tertiary/aromatic N) is 3. The molecule has 0 bridgehead atoms. The summed E-state index contributed by atoms with van der Waals surface area (Å²) in [7, 11) is 0. The van der Waals surface area contributed by atoms with E-state index in [1.807, 2.05) is 95.3 Å². The van der Waals surface area contributed by atoms with E-state index in [9.17, 15) is 9.59 Å². The molecule has 0 radical (unpaired) electrons. The Morgan fingerprint density at radius 1 is 0.971 bits per heavy atom. The summed E-state index contributed by atoms with van der Waals surface area (Å²) in [6.45, 7) is 2.96. The van der Waals surface area contributed by atoms with E-state index in [1.165, 1.54) is 0 Å². The third-order valence-corrected chi connectivity index (χ3v) is 6.82. The van der Waals surface area contributed by atoms with Crippen LogP contribution in [0.2, 0.25) is 5.02 Å². The Bertz CT molecular complexity index is 1350. The van der Waals surface area contributed by atoms with Crippen LogP contribution in [0, 0.1) is 0 Å². The van der Waals surface area contributed by atoms with Gasteiger partial charge in [0.25, 0.3) is 0 Å². The summed E-state index contributed by atoms with van der Waals surface area (Å²) in [5, 5.41) is 3.67. The second-order valence-corrected chi connectivity index (χ2v) is 9.34. The standard InChI is InChI=1S/C28H27ClN4O2/c1-19-27-31-23-9-5-6-10-24(23)33(27)25(28(35)32(19)18-21-7-3-2-4-8-21)17-26(34)30-16-15-20-11-13-22(29)14-12-20/h2-14,19,25H,15-18H2,1H3,(H,30,34). The number of carbonyl (C=O) groups is 2. The van der Waals surface area contributed by atoms with Crippen molar-refractivity contribution in [3.63, 3.8) is 0 Å². The summed E-state index contributed by atoms with van der Waals surface area (Å²) in [6.07, 6.45) is 0.753. The second-order valence-electron chi connectivity index (χ2n) is 8.90. The largest absolute Gasteiger partial charge is 0.356 e. The molecule has 1 aliphatic rings. The summed E-state index contributed by atoms with van der Waals surface area (Å²) in [4.78, 5) is 33.5. The van der Waals surface area contributed by atoms with E-state index < -0.39 is 6.04 Å². The van der Waals surface area contributed by atoms with Crippen LogP contribution in [0.4, 0.5) is 0 Å². The van der Waals surface area contributed by atoms with E-state index in [-0.39, 0.29) is 24.3 Å². The van der Waals surface area contributed by atoms with E-state index in [4.69, 9.17) is 16.6 Å². The first-order valence-corrected chi connectivity index (χ1v) is 12.2. The van der Waals surface area contributed by atoms with Crippen LogP contribution in [-0.4, -0.2) is 32.8 Å². The minimum Gasteiger partial charge on any atom is -0.356 e. The van der Waals surface area contributed by atoms with Crippen molar-refractivity contribution >= 4 is 34.4 Å². The monoisotopic (exact) mass is 486 g/mol. The highest BCUT2D eigenvalue weighted by Crippen LogP contribution is 2.37. The van der Waals surface area contributed by atoms with Gasteiger partial charge in [-0.05, 0) is 48.7 Å². The van der Waals surface area contributed by atoms with E-state index in [1.54, 1.807) is 0 Å². The average Bonchev–Trinajstić information content (AvgIpc) is 3.26. The van der Waals surface area contributed by atoms with Crippen molar-refractivity contribution in [3.8, 4) is 0 Å². The molecule has 0 fully saturated rings.